The van der Waals surface area contributed by atoms with Gasteiger partial charge in [0.05, 0.1) is 12.8 Å². The van der Waals surface area contributed by atoms with Gasteiger partial charge in [-0.25, -0.2) is 0 Å². The Morgan fingerprint density at radius 3 is 2.45 bits per heavy atom. The van der Waals surface area contributed by atoms with E-state index >= 15 is 0 Å². The van der Waals surface area contributed by atoms with Crippen molar-refractivity contribution in [2.45, 2.75) is 39.3 Å². The minimum Gasteiger partial charge on any atom is -0.496 e. The Morgan fingerprint density at radius 1 is 1.30 bits per heavy atom. The number of aryl methyl sites for hydroxylation is 1. The van der Waals surface area contributed by atoms with Crippen LogP contribution in [0.25, 0.3) is 0 Å². The van der Waals surface area contributed by atoms with Gasteiger partial charge in [-0.2, -0.15) is 0 Å². The van der Waals surface area contributed by atoms with E-state index in [2.05, 4.69) is 16.8 Å². The van der Waals surface area contributed by atoms with Gasteiger partial charge in [-0.1, -0.05) is 0 Å². The van der Waals surface area contributed by atoms with Crippen molar-refractivity contribution in [1.82, 2.24) is 9.88 Å². The third-order valence-electron chi connectivity index (χ3n) is 3.76. The van der Waals surface area contributed by atoms with Gasteiger partial charge in [0.1, 0.15) is 5.75 Å². The molecular weight excluding hydrogens is 297 g/mol. The molecule has 1 fully saturated rings. The molecule has 0 spiro atoms. The van der Waals surface area contributed by atoms with Crippen molar-refractivity contribution in [1.29, 1.82) is 0 Å². The highest BCUT2D eigenvalue weighted by Gasteiger charge is 2.18. The molecule has 1 aliphatic heterocycles. The molecule has 0 radical (unpaired) electrons. The zero-order chi connectivity index (χ0) is 13.1. The second kappa shape index (κ2) is 8.67. The summed E-state index contributed by atoms with van der Waals surface area (Å²) in [6.45, 7) is 7.15. The molecule has 0 atom stereocenters. The van der Waals surface area contributed by atoms with Gasteiger partial charge in [0.25, 0.3) is 0 Å². The predicted octanol–water partition coefficient (Wildman–Crippen LogP) is 2.47. The number of pyridine rings is 1. The Balaban J connectivity index is 0.00000180. The molecule has 1 aliphatic rings. The zero-order valence-corrected chi connectivity index (χ0v) is 14.0. The van der Waals surface area contributed by atoms with Crippen LogP contribution < -0.4 is 10.5 Å². The Labute approximate surface area is 133 Å². The van der Waals surface area contributed by atoms with E-state index in [-0.39, 0.29) is 24.8 Å². The Hall–Kier alpha value is -0.550. The van der Waals surface area contributed by atoms with Crippen LogP contribution in [0.15, 0.2) is 6.20 Å². The first-order valence-electron chi connectivity index (χ1n) is 6.58. The van der Waals surface area contributed by atoms with Crippen molar-refractivity contribution in [3.05, 3.63) is 23.0 Å². The van der Waals surface area contributed by atoms with Crippen molar-refractivity contribution < 1.29 is 4.74 Å². The number of piperidine rings is 1. The van der Waals surface area contributed by atoms with Gasteiger partial charge in [-0.3, -0.25) is 9.88 Å². The second-order valence-electron chi connectivity index (χ2n) is 5.16. The number of rotatable bonds is 3. The molecule has 4 nitrogen and oxygen atoms in total. The second-order valence-corrected chi connectivity index (χ2v) is 5.16. The lowest BCUT2D eigenvalue weighted by molar-refractivity contribution is 0.203. The number of methoxy groups -OCH3 is 1. The van der Waals surface area contributed by atoms with Gasteiger partial charge >= 0.3 is 0 Å². The summed E-state index contributed by atoms with van der Waals surface area (Å²) in [6, 6.07) is 0.378. The van der Waals surface area contributed by atoms with E-state index in [4.69, 9.17) is 10.5 Å². The smallest absolute Gasteiger partial charge is 0.128 e. The van der Waals surface area contributed by atoms with E-state index in [0.717, 1.165) is 55.0 Å². The fraction of sp³-hybridized carbons (Fsp3) is 0.643. The van der Waals surface area contributed by atoms with Crippen molar-refractivity contribution in [3.8, 4) is 5.75 Å². The molecule has 0 amide bonds. The van der Waals surface area contributed by atoms with Gasteiger partial charge < -0.3 is 10.5 Å². The van der Waals surface area contributed by atoms with Crippen molar-refractivity contribution in [2.24, 2.45) is 5.73 Å². The third-order valence-corrected chi connectivity index (χ3v) is 3.76. The van der Waals surface area contributed by atoms with E-state index in [0.29, 0.717) is 6.04 Å². The van der Waals surface area contributed by atoms with Crippen LogP contribution in [0.1, 0.15) is 29.7 Å². The lowest BCUT2D eigenvalue weighted by Crippen LogP contribution is -2.39. The van der Waals surface area contributed by atoms with Crippen molar-refractivity contribution in [3.63, 3.8) is 0 Å². The minimum absolute atomic E-state index is 0. The summed E-state index contributed by atoms with van der Waals surface area (Å²) in [5, 5.41) is 0. The molecule has 2 heterocycles. The molecule has 1 aromatic rings. The van der Waals surface area contributed by atoms with E-state index in [1.54, 1.807) is 7.11 Å². The molecule has 2 rings (SSSR count). The first-order chi connectivity index (χ1) is 8.61. The molecule has 1 aromatic heterocycles. The number of nitrogens with two attached hydrogens (primary N) is 1. The molecule has 20 heavy (non-hydrogen) atoms. The number of hydrogen-bond donors (Lipinski definition) is 1. The quantitative estimate of drug-likeness (QED) is 0.929. The first-order valence-corrected chi connectivity index (χ1v) is 6.58. The number of nitrogens with zero attached hydrogens (tertiary/aromatic N) is 2. The zero-order valence-electron chi connectivity index (χ0n) is 12.4. The molecular formula is C14H25Cl2N3O. The van der Waals surface area contributed by atoms with E-state index in [9.17, 15) is 0 Å². The maximum Gasteiger partial charge on any atom is 0.128 e. The first kappa shape index (κ1) is 19.4. The average Bonchev–Trinajstić information content (AvgIpc) is 2.36. The number of ether oxygens (including phenoxy) is 1. The fourth-order valence-electron chi connectivity index (χ4n) is 2.55. The van der Waals surface area contributed by atoms with Crippen LogP contribution in [0.4, 0.5) is 0 Å². The Morgan fingerprint density at radius 2 is 1.90 bits per heavy atom. The molecule has 2 N–H and O–H groups in total. The minimum atomic E-state index is 0. The summed E-state index contributed by atoms with van der Waals surface area (Å²) < 4.78 is 5.44. The monoisotopic (exact) mass is 321 g/mol. The fourth-order valence-corrected chi connectivity index (χ4v) is 2.55. The average molecular weight is 322 g/mol. The molecule has 1 saturated heterocycles. The third kappa shape index (κ3) is 4.48. The summed E-state index contributed by atoms with van der Waals surface area (Å²) in [4.78, 5) is 6.97. The molecule has 0 aliphatic carbocycles. The van der Waals surface area contributed by atoms with Gasteiger partial charge in [0.2, 0.25) is 0 Å². The Bertz CT molecular complexity index is 421. The number of hydrogen-bond acceptors (Lipinski definition) is 4. The van der Waals surface area contributed by atoms with E-state index in [1.807, 2.05) is 13.1 Å². The van der Waals surface area contributed by atoms with E-state index in [1.165, 1.54) is 0 Å². The van der Waals surface area contributed by atoms with Crippen LogP contribution >= 0.6 is 24.8 Å². The molecule has 6 heteroatoms. The topological polar surface area (TPSA) is 51.4 Å². The number of halogens is 2. The van der Waals surface area contributed by atoms with Crippen molar-refractivity contribution >= 4 is 24.8 Å². The maximum absolute atomic E-state index is 5.92. The number of aromatic nitrogens is 1. The summed E-state index contributed by atoms with van der Waals surface area (Å²) in [7, 11) is 1.72. The van der Waals surface area contributed by atoms with Crippen LogP contribution in [-0.2, 0) is 6.54 Å². The van der Waals surface area contributed by atoms with Crippen LogP contribution in [-0.4, -0.2) is 36.1 Å². The highest BCUT2D eigenvalue weighted by atomic mass is 35.5. The molecule has 0 aromatic carbocycles. The Kier molecular flexibility index (Phi) is 8.44. The number of likely N-dealkylation sites (tertiary alicyclic amines) is 1. The van der Waals surface area contributed by atoms with Gasteiger partial charge in [-0.05, 0) is 26.7 Å². The highest BCUT2D eigenvalue weighted by Crippen LogP contribution is 2.25. The van der Waals surface area contributed by atoms with Gasteiger partial charge in [-0.15, -0.1) is 24.8 Å². The summed E-state index contributed by atoms with van der Waals surface area (Å²) in [6.07, 6.45) is 4.07. The lowest BCUT2D eigenvalue weighted by Gasteiger charge is -2.30. The van der Waals surface area contributed by atoms with Gasteiger partial charge in [0.15, 0.2) is 0 Å². The lowest BCUT2D eigenvalue weighted by atomic mass is 10.0. The summed E-state index contributed by atoms with van der Waals surface area (Å²) >= 11 is 0. The predicted molar refractivity (Wildman–Crippen MR) is 87.2 cm³/mol. The van der Waals surface area contributed by atoms with Crippen LogP contribution in [0.3, 0.4) is 0 Å². The van der Waals surface area contributed by atoms with Crippen LogP contribution in [0.5, 0.6) is 5.75 Å². The van der Waals surface area contributed by atoms with Crippen molar-refractivity contribution in [2.75, 3.05) is 20.2 Å². The van der Waals surface area contributed by atoms with Crippen LogP contribution in [0.2, 0.25) is 0 Å². The molecule has 116 valence electrons. The summed E-state index contributed by atoms with van der Waals surface area (Å²) in [5.74, 6) is 0.966. The molecule has 0 bridgehead atoms. The summed E-state index contributed by atoms with van der Waals surface area (Å²) in [5.41, 5.74) is 9.30. The van der Waals surface area contributed by atoms with E-state index < -0.39 is 0 Å². The normalized spacial score (nSPS) is 16.2. The molecule has 0 unspecified atom stereocenters. The van der Waals surface area contributed by atoms with Gasteiger partial charge in [0, 0.05) is 43.0 Å². The largest absolute Gasteiger partial charge is 0.496 e. The maximum atomic E-state index is 5.92. The SMILES string of the molecule is COc1c(C)cnc(CN2CCC(N)CC2)c1C.Cl.Cl. The molecule has 0 saturated carbocycles. The standard InChI is InChI=1S/C14H23N3O.2ClH/c1-10-8-16-13(11(2)14(10)18-3)9-17-6-4-12(15)5-7-17;;/h8,12H,4-7,9,15H2,1-3H3;2*1H. The van der Waals surface area contributed by atoms with Crippen LogP contribution in [0, 0.1) is 13.8 Å². The highest BCUT2D eigenvalue weighted by molar-refractivity contribution is 5.85.